The van der Waals surface area contributed by atoms with E-state index in [9.17, 15) is 0 Å². The Hall–Kier alpha value is -1.25. The number of aromatic nitrogens is 1. The molecule has 1 aromatic rings. The molecule has 4 fully saturated rings. The second-order valence-corrected chi connectivity index (χ2v) is 7.27. The van der Waals surface area contributed by atoms with Gasteiger partial charge in [0.2, 0.25) is 0 Å². The highest BCUT2D eigenvalue weighted by Crippen LogP contribution is 2.57. The summed E-state index contributed by atoms with van der Waals surface area (Å²) in [7, 11) is 0. The number of rotatable bonds is 3. The van der Waals surface area contributed by atoms with Gasteiger partial charge < -0.3 is 10.3 Å². The molecule has 0 aliphatic heterocycles. The van der Waals surface area contributed by atoms with Crippen LogP contribution in [0.15, 0.2) is 10.6 Å². The molecule has 0 radical (unpaired) electrons. The summed E-state index contributed by atoms with van der Waals surface area (Å²) in [5.41, 5.74) is 7.41. The van der Waals surface area contributed by atoms with E-state index in [1.807, 2.05) is 6.92 Å². The minimum atomic E-state index is 0.686. The molecule has 0 unspecified atom stereocenters. The molecule has 0 atom stereocenters. The van der Waals surface area contributed by atoms with E-state index in [0.717, 1.165) is 41.0 Å². The standard InChI is InChI=1S/C17H24N2O/c1-10-17(18)16(19-20-10)4-2-3-15-13-6-11-5-12(8-13)9-14(15)7-11/h2,4,11-15H,3,5-9,18H2,1H3/b4-2+. The van der Waals surface area contributed by atoms with Crippen molar-refractivity contribution in [2.75, 3.05) is 5.73 Å². The average molecular weight is 272 g/mol. The quantitative estimate of drug-likeness (QED) is 0.903. The van der Waals surface area contributed by atoms with E-state index in [4.69, 9.17) is 10.3 Å². The fourth-order valence-corrected chi connectivity index (χ4v) is 5.28. The Balaban J connectivity index is 1.43. The number of hydrogen-bond donors (Lipinski definition) is 1. The van der Waals surface area contributed by atoms with Crippen molar-refractivity contribution < 1.29 is 4.52 Å². The van der Waals surface area contributed by atoms with Crippen LogP contribution in [0.2, 0.25) is 0 Å². The Morgan fingerprint density at radius 2 is 1.80 bits per heavy atom. The Bertz CT molecular complexity index is 503. The van der Waals surface area contributed by atoms with Gasteiger partial charge >= 0.3 is 0 Å². The van der Waals surface area contributed by atoms with E-state index in [-0.39, 0.29) is 0 Å². The first-order valence-electron chi connectivity index (χ1n) is 8.09. The van der Waals surface area contributed by atoms with Crippen molar-refractivity contribution >= 4 is 11.8 Å². The fraction of sp³-hybridized carbons (Fsp3) is 0.706. The van der Waals surface area contributed by atoms with Crippen molar-refractivity contribution in [1.82, 2.24) is 5.16 Å². The van der Waals surface area contributed by atoms with Crippen LogP contribution < -0.4 is 5.73 Å². The summed E-state index contributed by atoms with van der Waals surface area (Å²) in [6.07, 6.45) is 13.0. The maximum Gasteiger partial charge on any atom is 0.157 e. The zero-order valence-electron chi connectivity index (χ0n) is 12.2. The number of hydrogen-bond acceptors (Lipinski definition) is 3. The SMILES string of the molecule is Cc1onc(/C=C/CC2C3CC4CC(C3)CC2C4)c1N. The topological polar surface area (TPSA) is 52.0 Å². The second kappa shape index (κ2) is 4.64. The van der Waals surface area contributed by atoms with E-state index in [1.165, 1.54) is 38.5 Å². The molecule has 4 saturated carbocycles. The molecule has 0 amide bonds. The third-order valence-electron chi connectivity index (χ3n) is 6.04. The lowest BCUT2D eigenvalue weighted by molar-refractivity contribution is -0.0348. The van der Waals surface area contributed by atoms with Crippen LogP contribution in [0.4, 0.5) is 5.69 Å². The first-order chi connectivity index (χ1) is 9.70. The van der Waals surface area contributed by atoms with Crippen LogP contribution in [0, 0.1) is 36.5 Å². The number of anilines is 1. The minimum absolute atomic E-state index is 0.686. The summed E-state index contributed by atoms with van der Waals surface area (Å²) in [4.78, 5) is 0. The fourth-order valence-electron chi connectivity index (χ4n) is 5.28. The second-order valence-electron chi connectivity index (χ2n) is 7.27. The third-order valence-corrected chi connectivity index (χ3v) is 6.04. The minimum Gasteiger partial charge on any atom is -0.394 e. The highest BCUT2D eigenvalue weighted by molar-refractivity contribution is 5.61. The number of allylic oxidation sites excluding steroid dienone is 1. The van der Waals surface area contributed by atoms with Gasteiger partial charge in [-0.25, -0.2) is 0 Å². The molecule has 3 nitrogen and oxygen atoms in total. The van der Waals surface area contributed by atoms with E-state index >= 15 is 0 Å². The van der Waals surface area contributed by atoms with Crippen molar-refractivity contribution in [2.24, 2.45) is 29.6 Å². The average Bonchev–Trinajstić information content (AvgIpc) is 2.73. The molecule has 4 bridgehead atoms. The van der Waals surface area contributed by atoms with Crippen LogP contribution in [0.3, 0.4) is 0 Å². The molecule has 3 heteroatoms. The number of nitrogen functional groups attached to an aromatic ring is 1. The zero-order valence-corrected chi connectivity index (χ0v) is 12.2. The predicted octanol–water partition coefficient (Wildman–Crippen LogP) is 4.04. The van der Waals surface area contributed by atoms with Crippen LogP contribution in [0.25, 0.3) is 6.08 Å². The Morgan fingerprint density at radius 3 is 2.35 bits per heavy atom. The van der Waals surface area contributed by atoms with E-state index in [0.29, 0.717) is 5.69 Å². The lowest BCUT2D eigenvalue weighted by atomic mass is 9.51. The smallest absolute Gasteiger partial charge is 0.157 e. The van der Waals surface area contributed by atoms with E-state index in [1.54, 1.807) is 0 Å². The summed E-state index contributed by atoms with van der Waals surface area (Å²) in [6.45, 7) is 1.86. The Kier molecular flexibility index (Phi) is 2.90. The number of aryl methyl sites for hydroxylation is 1. The summed E-state index contributed by atoms with van der Waals surface area (Å²) in [6, 6.07) is 0. The van der Waals surface area contributed by atoms with Crippen LogP contribution in [0.5, 0.6) is 0 Å². The van der Waals surface area contributed by atoms with Gasteiger partial charge in [0.25, 0.3) is 0 Å². The third kappa shape index (κ3) is 1.99. The molecule has 5 rings (SSSR count). The number of nitrogens with two attached hydrogens (primary N) is 1. The van der Waals surface area contributed by atoms with Crippen LogP contribution >= 0.6 is 0 Å². The van der Waals surface area contributed by atoms with E-state index in [2.05, 4.69) is 17.3 Å². The predicted molar refractivity (Wildman–Crippen MR) is 79.8 cm³/mol. The molecule has 1 aromatic heterocycles. The number of nitrogens with zero attached hydrogens (tertiary/aromatic N) is 1. The molecule has 4 aliphatic carbocycles. The normalized spacial score (nSPS) is 39.0. The molecule has 20 heavy (non-hydrogen) atoms. The van der Waals surface area contributed by atoms with Gasteiger partial charge in [-0.3, -0.25) is 0 Å². The maximum atomic E-state index is 5.93. The molecular formula is C17H24N2O. The van der Waals surface area contributed by atoms with Crippen molar-refractivity contribution in [3.05, 3.63) is 17.5 Å². The van der Waals surface area contributed by atoms with Crippen LogP contribution in [0.1, 0.15) is 50.0 Å². The first-order valence-corrected chi connectivity index (χ1v) is 8.09. The molecule has 0 saturated heterocycles. The first kappa shape index (κ1) is 12.5. The van der Waals surface area contributed by atoms with Crippen molar-refractivity contribution in [2.45, 2.75) is 45.4 Å². The summed E-state index contributed by atoms with van der Waals surface area (Å²) in [5.74, 6) is 5.74. The molecule has 0 aromatic carbocycles. The van der Waals surface area contributed by atoms with Gasteiger partial charge in [-0.2, -0.15) is 0 Å². The maximum absolute atomic E-state index is 5.93. The van der Waals surface area contributed by atoms with Gasteiger partial charge in [-0.15, -0.1) is 0 Å². The molecule has 2 N–H and O–H groups in total. The van der Waals surface area contributed by atoms with E-state index < -0.39 is 0 Å². The summed E-state index contributed by atoms with van der Waals surface area (Å²) in [5, 5.41) is 4.00. The van der Waals surface area contributed by atoms with Crippen LogP contribution in [-0.4, -0.2) is 5.16 Å². The molecule has 108 valence electrons. The summed E-state index contributed by atoms with van der Waals surface area (Å²) >= 11 is 0. The Labute approximate surface area is 120 Å². The Morgan fingerprint density at radius 1 is 1.15 bits per heavy atom. The van der Waals surface area contributed by atoms with Crippen molar-refractivity contribution in [3.8, 4) is 0 Å². The monoisotopic (exact) mass is 272 g/mol. The van der Waals surface area contributed by atoms with Gasteiger partial charge in [0.15, 0.2) is 5.76 Å². The molecule has 4 aliphatic rings. The largest absolute Gasteiger partial charge is 0.394 e. The molecular weight excluding hydrogens is 248 g/mol. The van der Waals surface area contributed by atoms with Gasteiger partial charge in [-0.05, 0) is 81.1 Å². The molecule has 0 spiro atoms. The highest BCUT2D eigenvalue weighted by atomic mass is 16.5. The lowest BCUT2D eigenvalue weighted by Gasteiger charge is -2.54. The van der Waals surface area contributed by atoms with Crippen LogP contribution in [-0.2, 0) is 0 Å². The zero-order chi connectivity index (χ0) is 13.7. The lowest BCUT2D eigenvalue weighted by Crippen LogP contribution is -2.44. The summed E-state index contributed by atoms with van der Waals surface area (Å²) < 4.78 is 5.11. The van der Waals surface area contributed by atoms with Crippen molar-refractivity contribution in [3.63, 3.8) is 0 Å². The van der Waals surface area contributed by atoms with Gasteiger partial charge in [0, 0.05) is 0 Å². The van der Waals surface area contributed by atoms with Gasteiger partial charge in [0.05, 0.1) is 0 Å². The van der Waals surface area contributed by atoms with Gasteiger partial charge in [0.1, 0.15) is 11.4 Å². The van der Waals surface area contributed by atoms with Crippen molar-refractivity contribution in [1.29, 1.82) is 0 Å². The van der Waals surface area contributed by atoms with Gasteiger partial charge in [-0.1, -0.05) is 11.2 Å². The highest BCUT2D eigenvalue weighted by Gasteiger charge is 2.47. The molecule has 1 heterocycles.